The van der Waals surface area contributed by atoms with Crippen LogP contribution >= 0.6 is 0 Å². The van der Waals surface area contributed by atoms with Gasteiger partial charge in [-0.15, -0.1) is 0 Å². The Morgan fingerprint density at radius 1 is 1.53 bits per heavy atom. The summed E-state index contributed by atoms with van der Waals surface area (Å²) in [5.41, 5.74) is 0. The second kappa shape index (κ2) is 6.97. The van der Waals surface area contributed by atoms with Crippen molar-refractivity contribution in [2.45, 2.75) is 45.7 Å². The summed E-state index contributed by atoms with van der Waals surface area (Å²) in [6.07, 6.45) is 1.93. The number of rotatable bonds is 5. The zero-order chi connectivity index (χ0) is 12.8. The Labute approximate surface area is 105 Å². The zero-order valence-electron chi connectivity index (χ0n) is 11.6. The molecule has 1 aliphatic rings. The van der Waals surface area contributed by atoms with Gasteiger partial charge in [0.25, 0.3) is 0 Å². The maximum Gasteiger partial charge on any atom is 0.223 e. The maximum atomic E-state index is 11.9. The summed E-state index contributed by atoms with van der Waals surface area (Å²) in [7, 11) is 2.09. The summed E-state index contributed by atoms with van der Waals surface area (Å²) in [6, 6.07) is 1.00. The molecule has 1 fully saturated rings. The molecule has 0 aromatic rings. The maximum absolute atomic E-state index is 11.9. The molecule has 1 heterocycles. The quantitative estimate of drug-likeness (QED) is 0.749. The third kappa shape index (κ3) is 5.04. The first-order valence-corrected chi connectivity index (χ1v) is 6.72. The lowest BCUT2D eigenvalue weighted by molar-refractivity contribution is -0.126. The van der Waals surface area contributed by atoms with Crippen LogP contribution in [0.4, 0.5) is 0 Å². The molecule has 0 aromatic heterocycles. The minimum atomic E-state index is 0.204. The highest BCUT2D eigenvalue weighted by molar-refractivity contribution is 5.78. The lowest BCUT2D eigenvalue weighted by Gasteiger charge is -2.27. The van der Waals surface area contributed by atoms with Crippen molar-refractivity contribution in [2.24, 2.45) is 5.92 Å². The average molecular weight is 241 g/mol. The number of piperidine rings is 1. The largest absolute Gasteiger partial charge is 0.355 e. The first-order valence-electron chi connectivity index (χ1n) is 6.72. The molecule has 1 rings (SSSR count). The van der Waals surface area contributed by atoms with Crippen molar-refractivity contribution in [1.82, 2.24) is 15.5 Å². The highest BCUT2D eigenvalue weighted by atomic mass is 16.1. The zero-order valence-corrected chi connectivity index (χ0v) is 11.6. The Morgan fingerprint density at radius 2 is 2.24 bits per heavy atom. The fourth-order valence-corrected chi connectivity index (χ4v) is 2.13. The fraction of sp³-hybridized carbons (Fsp3) is 0.923. The number of amides is 1. The minimum absolute atomic E-state index is 0.204. The monoisotopic (exact) mass is 241 g/mol. The van der Waals surface area contributed by atoms with Crippen LogP contribution in [0.3, 0.4) is 0 Å². The molecular formula is C13H27N3O. The number of hydrogen-bond acceptors (Lipinski definition) is 3. The highest BCUT2D eigenvalue weighted by Gasteiger charge is 2.24. The number of likely N-dealkylation sites (N-methyl/N-ethyl adjacent to an activating group) is 1. The van der Waals surface area contributed by atoms with E-state index in [2.05, 4.69) is 43.4 Å². The molecule has 100 valence electrons. The fourth-order valence-electron chi connectivity index (χ4n) is 2.13. The van der Waals surface area contributed by atoms with Gasteiger partial charge in [0.2, 0.25) is 5.91 Å². The molecule has 0 bridgehead atoms. The molecule has 0 saturated carbocycles. The predicted octanol–water partition coefficient (Wildman–Crippen LogP) is 0.831. The van der Waals surface area contributed by atoms with Gasteiger partial charge in [-0.3, -0.25) is 4.79 Å². The molecule has 2 unspecified atom stereocenters. The van der Waals surface area contributed by atoms with Crippen molar-refractivity contribution in [3.63, 3.8) is 0 Å². The smallest absolute Gasteiger partial charge is 0.223 e. The number of carbonyl (C=O) groups excluding carboxylic acids is 1. The minimum Gasteiger partial charge on any atom is -0.355 e. The van der Waals surface area contributed by atoms with Crippen LogP contribution < -0.4 is 10.6 Å². The Kier molecular flexibility index (Phi) is 5.92. The SMILES string of the molecule is CC1CC(C(=O)NCCN(C)C(C)C)CCN1. The first-order chi connectivity index (χ1) is 8.00. The normalized spacial score (nSPS) is 25.3. The number of carbonyl (C=O) groups is 1. The van der Waals surface area contributed by atoms with Gasteiger partial charge < -0.3 is 15.5 Å². The molecular weight excluding hydrogens is 214 g/mol. The van der Waals surface area contributed by atoms with Gasteiger partial charge in [-0.25, -0.2) is 0 Å². The van der Waals surface area contributed by atoms with Crippen LogP contribution in [0.25, 0.3) is 0 Å². The summed E-state index contributed by atoms with van der Waals surface area (Å²) >= 11 is 0. The van der Waals surface area contributed by atoms with Gasteiger partial charge in [-0.05, 0) is 47.2 Å². The van der Waals surface area contributed by atoms with Crippen LogP contribution in [0.1, 0.15) is 33.6 Å². The molecule has 0 radical (unpaired) electrons. The molecule has 2 N–H and O–H groups in total. The van der Waals surface area contributed by atoms with Gasteiger partial charge in [-0.2, -0.15) is 0 Å². The van der Waals surface area contributed by atoms with Crippen molar-refractivity contribution in [3.05, 3.63) is 0 Å². The summed E-state index contributed by atoms with van der Waals surface area (Å²) < 4.78 is 0. The van der Waals surface area contributed by atoms with Gasteiger partial charge in [0.15, 0.2) is 0 Å². The highest BCUT2D eigenvalue weighted by Crippen LogP contribution is 2.15. The van der Waals surface area contributed by atoms with Crippen LogP contribution in [0.15, 0.2) is 0 Å². The number of hydrogen-bond donors (Lipinski definition) is 2. The van der Waals surface area contributed by atoms with Crippen LogP contribution in [0.5, 0.6) is 0 Å². The summed E-state index contributed by atoms with van der Waals surface area (Å²) in [5, 5.41) is 6.42. The Hall–Kier alpha value is -0.610. The molecule has 1 aliphatic heterocycles. The van der Waals surface area contributed by atoms with E-state index in [1.54, 1.807) is 0 Å². The lowest BCUT2D eigenvalue weighted by Crippen LogP contribution is -2.44. The van der Waals surface area contributed by atoms with Gasteiger partial charge in [-0.1, -0.05) is 0 Å². The molecule has 0 aromatic carbocycles. The van der Waals surface area contributed by atoms with Crippen molar-refractivity contribution in [2.75, 3.05) is 26.7 Å². The van der Waals surface area contributed by atoms with E-state index < -0.39 is 0 Å². The third-order valence-corrected chi connectivity index (χ3v) is 3.64. The van der Waals surface area contributed by atoms with Gasteiger partial charge in [0.1, 0.15) is 0 Å². The Bertz CT molecular complexity index is 243. The second-order valence-corrected chi connectivity index (χ2v) is 5.44. The summed E-state index contributed by atoms with van der Waals surface area (Å²) in [5.74, 6) is 0.436. The predicted molar refractivity (Wildman–Crippen MR) is 71.0 cm³/mol. The van der Waals surface area contributed by atoms with Crippen LogP contribution in [-0.4, -0.2) is 49.6 Å². The standard InChI is InChI=1S/C13H27N3O/c1-10(2)16(4)8-7-15-13(17)12-5-6-14-11(3)9-12/h10-12,14H,5-9H2,1-4H3,(H,15,17). The molecule has 0 spiro atoms. The second-order valence-electron chi connectivity index (χ2n) is 5.44. The van der Waals surface area contributed by atoms with E-state index in [1.807, 2.05) is 0 Å². The van der Waals surface area contributed by atoms with Crippen molar-refractivity contribution in [3.8, 4) is 0 Å². The van der Waals surface area contributed by atoms with E-state index in [-0.39, 0.29) is 11.8 Å². The van der Waals surface area contributed by atoms with E-state index in [0.717, 1.165) is 32.5 Å². The Balaban J connectivity index is 2.20. The van der Waals surface area contributed by atoms with Crippen molar-refractivity contribution >= 4 is 5.91 Å². The van der Waals surface area contributed by atoms with Crippen LogP contribution in [0, 0.1) is 5.92 Å². The first kappa shape index (κ1) is 14.5. The van der Waals surface area contributed by atoms with Gasteiger partial charge in [0, 0.05) is 31.1 Å². The third-order valence-electron chi connectivity index (χ3n) is 3.64. The molecule has 1 amide bonds. The average Bonchev–Trinajstić information content (AvgIpc) is 2.28. The topological polar surface area (TPSA) is 44.4 Å². The molecule has 1 saturated heterocycles. The van der Waals surface area contributed by atoms with E-state index in [0.29, 0.717) is 12.1 Å². The molecule has 4 heteroatoms. The molecule has 17 heavy (non-hydrogen) atoms. The summed E-state index contributed by atoms with van der Waals surface area (Å²) in [4.78, 5) is 14.2. The van der Waals surface area contributed by atoms with Crippen molar-refractivity contribution < 1.29 is 4.79 Å². The van der Waals surface area contributed by atoms with E-state index in [9.17, 15) is 4.79 Å². The van der Waals surface area contributed by atoms with Crippen LogP contribution in [-0.2, 0) is 4.79 Å². The number of nitrogens with zero attached hydrogens (tertiary/aromatic N) is 1. The summed E-state index contributed by atoms with van der Waals surface area (Å²) in [6.45, 7) is 9.11. The van der Waals surface area contributed by atoms with Crippen LogP contribution in [0.2, 0.25) is 0 Å². The van der Waals surface area contributed by atoms with E-state index in [4.69, 9.17) is 0 Å². The lowest BCUT2D eigenvalue weighted by atomic mass is 9.92. The van der Waals surface area contributed by atoms with E-state index >= 15 is 0 Å². The molecule has 2 atom stereocenters. The molecule has 4 nitrogen and oxygen atoms in total. The van der Waals surface area contributed by atoms with Gasteiger partial charge >= 0.3 is 0 Å². The van der Waals surface area contributed by atoms with Crippen molar-refractivity contribution in [1.29, 1.82) is 0 Å². The Morgan fingerprint density at radius 3 is 2.82 bits per heavy atom. The van der Waals surface area contributed by atoms with E-state index in [1.165, 1.54) is 0 Å². The number of nitrogens with one attached hydrogen (secondary N) is 2. The van der Waals surface area contributed by atoms with Gasteiger partial charge in [0.05, 0.1) is 0 Å². The molecule has 0 aliphatic carbocycles.